The number of fused-ring (bicyclic) bond motifs is 1. The monoisotopic (exact) mass is 421 g/mol. The van der Waals surface area contributed by atoms with Gasteiger partial charge in [0.15, 0.2) is 11.6 Å². The molecule has 3 aromatic rings. The fraction of sp³-hybridized carbons (Fsp3) is 0.300. The van der Waals surface area contributed by atoms with E-state index >= 15 is 0 Å². The summed E-state index contributed by atoms with van der Waals surface area (Å²) in [7, 11) is 0. The quantitative estimate of drug-likeness (QED) is 0.350. The van der Waals surface area contributed by atoms with E-state index in [1.165, 1.54) is 13.0 Å². The molecular weight excluding hydrogens is 403 g/mol. The first kappa shape index (κ1) is 21.0. The molecule has 2 heterocycles. The van der Waals surface area contributed by atoms with Gasteiger partial charge in [0.05, 0.1) is 16.5 Å². The molecular formula is C20H18F3N3O2S. The normalized spacial score (nSPS) is 12.9. The SMILES string of the molecule is CC(=O)c1c(C)[nH]c(C(=O)C(C)Sc2nc(C(F)(F)F)nc3ccccc23)c1C. The van der Waals surface area contributed by atoms with E-state index in [1.807, 2.05) is 0 Å². The molecule has 1 N–H and O–H groups in total. The van der Waals surface area contributed by atoms with E-state index < -0.39 is 17.3 Å². The topological polar surface area (TPSA) is 75.7 Å². The molecule has 3 rings (SSSR count). The van der Waals surface area contributed by atoms with Crippen molar-refractivity contribution < 1.29 is 22.8 Å². The van der Waals surface area contributed by atoms with Crippen LogP contribution in [0.1, 0.15) is 51.8 Å². The maximum atomic E-state index is 13.2. The smallest absolute Gasteiger partial charge is 0.355 e. The van der Waals surface area contributed by atoms with Crippen molar-refractivity contribution in [2.24, 2.45) is 0 Å². The summed E-state index contributed by atoms with van der Waals surface area (Å²) < 4.78 is 39.6. The lowest BCUT2D eigenvalue weighted by molar-refractivity contribution is -0.145. The van der Waals surface area contributed by atoms with Crippen LogP contribution < -0.4 is 0 Å². The standard InChI is InChI=1S/C20H18F3N3O2S/c1-9-15(11(3)27)10(2)24-16(9)17(28)12(4)29-18-13-7-5-6-8-14(13)25-19(26-18)20(21,22)23/h5-8,12,24H,1-4H3. The largest absolute Gasteiger partial charge is 0.451 e. The summed E-state index contributed by atoms with van der Waals surface area (Å²) >= 11 is 0.933. The predicted molar refractivity (Wildman–Crippen MR) is 104 cm³/mol. The van der Waals surface area contributed by atoms with Crippen LogP contribution in [0.15, 0.2) is 29.3 Å². The molecule has 0 fully saturated rings. The highest BCUT2D eigenvalue weighted by Gasteiger charge is 2.36. The minimum atomic E-state index is -4.70. The Balaban J connectivity index is 2.00. The second kappa shape index (κ2) is 7.62. The highest BCUT2D eigenvalue weighted by Crippen LogP contribution is 2.34. The second-order valence-corrected chi connectivity index (χ2v) is 8.00. The van der Waals surface area contributed by atoms with Crippen LogP contribution in [0, 0.1) is 13.8 Å². The van der Waals surface area contributed by atoms with Gasteiger partial charge < -0.3 is 4.98 Å². The van der Waals surface area contributed by atoms with Crippen molar-refractivity contribution in [2.45, 2.75) is 44.1 Å². The van der Waals surface area contributed by atoms with Crippen LogP contribution in [0.2, 0.25) is 0 Å². The van der Waals surface area contributed by atoms with Crippen LogP contribution in [0.3, 0.4) is 0 Å². The lowest BCUT2D eigenvalue weighted by atomic mass is 10.0. The molecule has 0 aliphatic rings. The van der Waals surface area contributed by atoms with Crippen LogP contribution >= 0.6 is 11.8 Å². The van der Waals surface area contributed by atoms with Crippen molar-refractivity contribution in [3.05, 3.63) is 52.6 Å². The van der Waals surface area contributed by atoms with E-state index in [2.05, 4.69) is 15.0 Å². The maximum absolute atomic E-state index is 13.2. The van der Waals surface area contributed by atoms with E-state index in [4.69, 9.17) is 0 Å². The maximum Gasteiger partial charge on any atom is 0.451 e. The Morgan fingerprint density at radius 2 is 1.79 bits per heavy atom. The molecule has 5 nitrogen and oxygen atoms in total. The van der Waals surface area contributed by atoms with Crippen molar-refractivity contribution in [2.75, 3.05) is 0 Å². The average molecular weight is 421 g/mol. The average Bonchev–Trinajstić information content (AvgIpc) is 2.94. The van der Waals surface area contributed by atoms with Gasteiger partial charge in [-0.2, -0.15) is 13.2 Å². The van der Waals surface area contributed by atoms with Gasteiger partial charge in [-0.05, 0) is 39.3 Å². The molecule has 0 radical (unpaired) electrons. The Morgan fingerprint density at radius 1 is 1.14 bits per heavy atom. The molecule has 0 saturated heterocycles. The zero-order valence-electron chi connectivity index (χ0n) is 16.1. The van der Waals surface area contributed by atoms with Gasteiger partial charge in [-0.25, -0.2) is 9.97 Å². The Bertz CT molecular complexity index is 1120. The van der Waals surface area contributed by atoms with Crippen molar-refractivity contribution >= 4 is 34.2 Å². The zero-order chi connectivity index (χ0) is 21.5. The van der Waals surface area contributed by atoms with Gasteiger partial charge in [0.2, 0.25) is 5.82 Å². The Labute approximate surface area is 169 Å². The van der Waals surface area contributed by atoms with Crippen LogP contribution in [0.25, 0.3) is 10.9 Å². The molecule has 0 amide bonds. The number of alkyl halides is 3. The van der Waals surface area contributed by atoms with Gasteiger partial charge in [-0.1, -0.05) is 30.0 Å². The number of carbonyl (C=O) groups is 2. The third-order valence-corrected chi connectivity index (χ3v) is 5.62. The number of H-pyrrole nitrogens is 1. The number of para-hydroxylation sites is 1. The number of rotatable bonds is 5. The summed E-state index contributed by atoms with van der Waals surface area (Å²) in [5, 5.41) is -0.212. The minimum Gasteiger partial charge on any atom is -0.355 e. The number of aryl methyl sites for hydroxylation is 1. The van der Waals surface area contributed by atoms with E-state index in [0.717, 1.165) is 11.8 Å². The fourth-order valence-corrected chi connectivity index (χ4v) is 4.21. The van der Waals surface area contributed by atoms with Gasteiger partial charge >= 0.3 is 6.18 Å². The molecule has 0 spiro atoms. The van der Waals surface area contributed by atoms with Gasteiger partial charge in [0, 0.05) is 16.6 Å². The number of hydrogen-bond acceptors (Lipinski definition) is 5. The van der Waals surface area contributed by atoms with E-state index in [0.29, 0.717) is 22.2 Å². The molecule has 0 aliphatic heterocycles. The van der Waals surface area contributed by atoms with E-state index in [1.54, 1.807) is 39.0 Å². The number of aromatic nitrogens is 3. The van der Waals surface area contributed by atoms with Crippen LogP contribution in [-0.2, 0) is 6.18 Å². The number of aromatic amines is 1. The van der Waals surface area contributed by atoms with Crippen LogP contribution in [0.4, 0.5) is 13.2 Å². The molecule has 2 aromatic heterocycles. The number of thioether (sulfide) groups is 1. The third kappa shape index (κ3) is 4.05. The van der Waals surface area contributed by atoms with Gasteiger partial charge in [0.1, 0.15) is 5.03 Å². The molecule has 0 saturated carbocycles. The number of hydrogen-bond donors (Lipinski definition) is 1. The first-order valence-corrected chi connectivity index (χ1v) is 9.63. The Kier molecular flexibility index (Phi) is 5.53. The highest BCUT2D eigenvalue weighted by atomic mass is 32.2. The van der Waals surface area contributed by atoms with Crippen LogP contribution in [0.5, 0.6) is 0 Å². The Hall–Kier alpha value is -2.68. The Morgan fingerprint density at radius 3 is 2.38 bits per heavy atom. The molecule has 9 heteroatoms. The lowest BCUT2D eigenvalue weighted by Gasteiger charge is -2.13. The first-order valence-electron chi connectivity index (χ1n) is 8.75. The molecule has 1 aromatic carbocycles. The number of halogens is 3. The number of benzene rings is 1. The van der Waals surface area contributed by atoms with Crippen LogP contribution in [-0.4, -0.2) is 31.8 Å². The summed E-state index contributed by atoms with van der Waals surface area (Å²) in [4.78, 5) is 34.9. The number of nitrogens with one attached hydrogen (secondary N) is 1. The minimum absolute atomic E-state index is 0.0801. The van der Waals surface area contributed by atoms with E-state index in [9.17, 15) is 22.8 Å². The molecule has 1 unspecified atom stereocenters. The molecule has 1 atom stereocenters. The summed E-state index contributed by atoms with van der Waals surface area (Å²) in [5.74, 6) is -1.73. The zero-order valence-corrected chi connectivity index (χ0v) is 17.0. The van der Waals surface area contributed by atoms with Crippen molar-refractivity contribution in [1.29, 1.82) is 0 Å². The first-order chi connectivity index (χ1) is 13.5. The summed E-state index contributed by atoms with van der Waals surface area (Å²) in [6.07, 6.45) is -4.70. The van der Waals surface area contributed by atoms with Crippen molar-refractivity contribution in [3.63, 3.8) is 0 Å². The summed E-state index contributed by atoms with van der Waals surface area (Å²) in [6.45, 7) is 6.39. The molecule has 152 valence electrons. The summed E-state index contributed by atoms with van der Waals surface area (Å²) in [6, 6.07) is 6.35. The number of carbonyl (C=O) groups excluding carboxylic acids is 2. The second-order valence-electron chi connectivity index (χ2n) is 6.67. The summed E-state index contributed by atoms with van der Waals surface area (Å²) in [5.41, 5.74) is 2.01. The third-order valence-electron chi connectivity index (χ3n) is 4.52. The van der Waals surface area contributed by atoms with Gasteiger partial charge in [-0.3, -0.25) is 9.59 Å². The number of Topliss-reactive ketones (excluding diaryl/α,β-unsaturated/α-hetero) is 2. The molecule has 0 bridgehead atoms. The van der Waals surface area contributed by atoms with Crippen molar-refractivity contribution in [3.8, 4) is 0 Å². The highest BCUT2D eigenvalue weighted by molar-refractivity contribution is 8.00. The van der Waals surface area contributed by atoms with Gasteiger partial charge in [0.25, 0.3) is 0 Å². The fourth-order valence-electron chi connectivity index (χ4n) is 3.21. The van der Waals surface area contributed by atoms with Gasteiger partial charge in [-0.15, -0.1) is 0 Å². The van der Waals surface area contributed by atoms with E-state index in [-0.39, 0.29) is 27.8 Å². The molecule has 29 heavy (non-hydrogen) atoms. The number of ketones is 2. The predicted octanol–water partition coefficient (Wildman–Crippen LogP) is 5.16. The molecule has 0 aliphatic carbocycles. The van der Waals surface area contributed by atoms with Crippen molar-refractivity contribution in [1.82, 2.24) is 15.0 Å². The number of nitrogens with zero attached hydrogens (tertiary/aromatic N) is 2. The lowest BCUT2D eigenvalue weighted by Crippen LogP contribution is -2.17.